The number of aromatic hydroxyl groups is 1. The average molecular weight is 618 g/mol. The minimum Gasteiger partial charge on any atom is -0.506 e. The molecule has 0 amide bonds. The number of phenols is 1. The zero-order valence-electron chi connectivity index (χ0n) is 15.9. The maximum absolute atomic E-state index is 13.1. The Bertz CT molecular complexity index is 1190. The number of hydrogen-bond donors (Lipinski definition) is 3. The number of para-hydroxylation sites is 1. The molecular weight excluding hydrogens is 600 g/mol. The van der Waals surface area contributed by atoms with Crippen LogP contribution in [-0.2, 0) is 0 Å². The molecule has 30 heavy (non-hydrogen) atoms. The number of phenolic OH excluding ortho intramolecular Hbond substituents is 1. The summed E-state index contributed by atoms with van der Waals surface area (Å²) in [4.78, 5) is 16.0. The highest BCUT2D eigenvalue weighted by Gasteiger charge is 2.40. The molecule has 2 heterocycles. The molecule has 1 atom stereocenters. The van der Waals surface area contributed by atoms with Crippen molar-refractivity contribution in [2.75, 3.05) is 11.1 Å². The molecule has 1 aliphatic heterocycles. The Morgan fingerprint density at radius 3 is 2.77 bits per heavy atom. The lowest BCUT2D eigenvalue weighted by Gasteiger charge is -2.24. The van der Waals surface area contributed by atoms with Crippen LogP contribution in [0, 0.1) is 0 Å². The van der Waals surface area contributed by atoms with Gasteiger partial charge in [-0.05, 0) is 61.2 Å². The molecule has 3 N–H and O–H groups in total. The number of anilines is 1. The van der Waals surface area contributed by atoms with E-state index in [4.69, 9.17) is 5.10 Å². The second-order valence-electron chi connectivity index (χ2n) is 6.76. The number of benzene rings is 2. The Morgan fingerprint density at radius 2 is 2.00 bits per heavy atom. The molecule has 0 aliphatic carbocycles. The predicted molar refractivity (Wildman–Crippen MR) is 129 cm³/mol. The van der Waals surface area contributed by atoms with E-state index in [1.165, 1.54) is 11.8 Å². The molecule has 4 rings (SSSR count). The van der Waals surface area contributed by atoms with E-state index < -0.39 is 6.17 Å². The second-order valence-corrected chi connectivity index (χ2v) is 10.3. The van der Waals surface area contributed by atoms with Gasteiger partial charge in [-0.1, -0.05) is 53.2 Å². The van der Waals surface area contributed by atoms with Crippen molar-refractivity contribution >= 4 is 65.2 Å². The fourth-order valence-electron chi connectivity index (χ4n) is 3.31. The van der Waals surface area contributed by atoms with Gasteiger partial charge in [0.05, 0.1) is 25.8 Å². The summed E-state index contributed by atoms with van der Waals surface area (Å²) >= 11 is 12.0. The van der Waals surface area contributed by atoms with Gasteiger partial charge in [0, 0.05) is 15.3 Å². The van der Waals surface area contributed by atoms with Crippen molar-refractivity contribution in [2.45, 2.75) is 31.1 Å². The van der Waals surface area contributed by atoms with Crippen LogP contribution in [0.3, 0.4) is 0 Å². The lowest BCUT2D eigenvalue weighted by molar-refractivity contribution is -0.759. The summed E-state index contributed by atoms with van der Waals surface area (Å²) in [5.74, 6) is 0.957. The summed E-state index contributed by atoms with van der Waals surface area (Å²) in [5, 5.41) is 19.3. The third-order valence-corrected chi connectivity index (χ3v) is 7.79. The minimum absolute atomic E-state index is 0.0818. The smallest absolute Gasteiger partial charge is 0.325 e. The minimum atomic E-state index is -0.509. The first-order valence-electron chi connectivity index (χ1n) is 9.33. The number of nitrogens with one attached hydrogen (secondary N) is 2. The van der Waals surface area contributed by atoms with Gasteiger partial charge in [0.2, 0.25) is 5.16 Å². The highest BCUT2D eigenvalue weighted by molar-refractivity contribution is 9.11. The molecule has 1 aromatic heterocycles. The molecule has 0 saturated heterocycles. The quantitative estimate of drug-likeness (QED) is 0.198. The topological polar surface area (TPSA) is 81.9 Å². The first-order chi connectivity index (χ1) is 14.4. The van der Waals surface area contributed by atoms with E-state index in [1.807, 2.05) is 24.3 Å². The Kier molecular flexibility index (Phi) is 6.57. The molecule has 0 radical (unpaired) electrons. The molecule has 2 aromatic carbocycles. The van der Waals surface area contributed by atoms with Crippen LogP contribution in [0.25, 0.3) is 11.3 Å². The van der Waals surface area contributed by atoms with E-state index in [0.29, 0.717) is 19.8 Å². The fraction of sp³-hybridized carbons (Fsp3) is 0.250. The van der Waals surface area contributed by atoms with Gasteiger partial charge in [-0.25, -0.2) is 0 Å². The number of halogens is 3. The van der Waals surface area contributed by atoms with E-state index in [0.717, 1.165) is 39.9 Å². The molecule has 0 bridgehead atoms. The SMILES string of the molecule is CCCCSc1n[n+]2c(c(=O)[nH]1)-c1ccccc1N[C@@H]2c1c(Br)cc(Br)c(O)c1Br. The second kappa shape index (κ2) is 9.02. The third kappa shape index (κ3) is 3.94. The maximum Gasteiger partial charge on any atom is 0.325 e. The van der Waals surface area contributed by atoms with Crippen LogP contribution >= 0.6 is 59.6 Å². The van der Waals surface area contributed by atoms with Gasteiger partial charge in [-0.3, -0.25) is 9.78 Å². The first kappa shape index (κ1) is 21.9. The fourth-order valence-corrected chi connectivity index (χ4v) is 6.80. The monoisotopic (exact) mass is 615 g/mol. The normalized spacial score (nSPS) is 14.7. The van der Waals surface area contributed by atoms with Crippen LogP contribution in [0.15, 0.2) is 53.7 Å². The number of hydrogen-bond acceptors (Lipinski definition) is 5. The molecule has 6 nitrogen and oxygen atoms in total. The van der Waals surface area contributed by atoms with Gasteiger partial charge < -0.3 is 10.4 Å². The van der Waals surface area contributed by atoms with Crippen molar-refractivity contribution in [3.05, 3.63) is 59.7 Å². The Balaban J connectivity index is 1.94. The van der Waals surface area contributed by atoms with Crippen LogP contribution in [0.4, 0.5) is 5.69 Å². The number of nitrogens with zero attached hydrogens (tertiary/aromatic N) is 2. The van der Waals surface area contributed by atoms with Gasteiger partial charge in [-0.2, -0.15) is 0 Å². The van der Waals surface area contributed by atoms with Crippen LogP contribution in [-0.4, -0.2) is 20.9 Å². The van der Waals surface area contributed by atoms with Gasteiger partial charge in [-0.15, -0.1) is 0 Å². The Morgan fingerprint density at radius 1 is 1.23 bits per heavy atom. The van der Waals surface area contributed by atoms with Crippen molar-refractivity contribution < 1.29 is 9.79 Å². The van der Waals surface area contributed by atoms with Gasteiger partial charge in [0.1, 0.15) is 5.75 Å². The molecule has 3 aromatic rings. The lowest BCUT2D eigenvalue weighted by atomic mass is 10.0. The zero-order valence-corrected chi connectivity index (χ0v) is 21.5. The lowest BCUT2D eigenvalue weighted by Crippen LogP contribution is -2.55. The molecule has 0 spiro atoms. The highest BCUT2D eigenvalue weighted by atomic mass is 79.9. The van der Waals surface area contributed by atoms with E-state index in [2.05, 4.69) is 65.0 Å². The molecule has 0 fully saturated rings. The molecule has 0 unspecified atom stereocenters. The third-order valence-electron chi connectivity index (χ3n) is 4.77. The average Bonchev–Trinajstić information content (AvgIpc) is 2.72. The van der Waals surface area contributed by atoms with Crippen molar-refractivity contribution in [1.82, 2.24) is 10.1 Å². The summed E-state index contributed by atoms with van der Waals surface area (Å²) in [6.07, 6.45) is 1.61. The molecule has 10 heteroatoms. The number of aromatic amines is 1. The first-order valence-corrected chi connectivity index (χ1v) is 12.7. The summed E-state index contributed by atoms with van der Waals surface area (Å²) in [6, 6.07) is 9.41. The highest BCUT2D eigenvalue weighted by Crippen LogP contribution is 2.43. The van der Waals surface area contributed by atoms with Crippen LogP contribution in [0.2, 0.25) is 0 Å². The van der Waals surface area contributed by atoms with Gasteiger partial charge >= 0.3 is 11.3 Å². The van der Waals surface area contributed by atoms with Gasteiger partial charge in [0.15, 0.2) is 0 Å². The van der Waals surface area contributed by atoms with Gasteiger partial charge in [0.25, 0.3) is 6.17 Å². The van der Waals surface area contributed by atoms with E-state index >= 15 is 0 Å². The van der Waals surface area contributed by atoms with Crippen molar-refractivity contribution in [3.63, 3.8) is 0 Å². The number of aromatic nitrogens is 3. The van der Waals surface area contributed by atoms with Crippen molar-refractivity contribution in [1.29, 1.82) is 0 Å². The summed E-state index contributed by atoms with van der Waals surface area (Å²) in [5.41, 5.74) is 2.61. The number of H-pyrrole nitrogens is 1. The maximum atomic E-state index is 13.1. The molecule has 0 saturated carbocycles. The summed E-state index contributed by atoms with van der Waals surface area (Å²) < 4.78 is 3.53. The summed E-state index contributed by atoms with van der Waals surface area (Å²) in [7, 11) is 0. The number of unbranched alkanes of at least 4 members (excludes halogenated alkanes) is 1. The van der Waals surface area contributed by atoms with Crippen molar-refractivity contribution in [2.24, 2.45) is 0 Å². The number of fused-ring (bicyclic) bond motifs is 3. The largest absolute Gasteiger partial charge is 0.506 e. The molecular formula is C20H18Br3N4O2S+. The number of thioether (sulfide) groups is 1. The molecule has 156 valence electrons. The van der Waals surface area contributed by atoms with Crippen LogP contribution < -0.4 is 15.6 Å². The summed E-state index contributed by atoms with van der Waals surface area (Å²) in [6.45, 7) is 2.13. The van der Waals surface area contributed by atoms with E-state index in [-0.39, 0.29) is 11.3 Å². The van der Waals surface area contributed by atoms with E-state index in [1.54, 1.807) is 10.7 Å². The Labute approximate surface area is 202 Å². The number of rotatable bonds is 5. The molecule has 1 aliphatic rings. The van der Waals surface area contributed by atoms with Crippen LogP contribution in [0.5, 0.6) is 5.75 Å². The van der Waals surface area contributed by atoms with E-state index in [9.17, 15) is 9.90 Å². The standard InChI is InChI=1S/C20H17Br3N4O2S/c1-2-3-8-30-20-25-19(29)16-10-6-4-5-7-13(10)24-18(27(16)26-20)14-11(21)9-12(22)17(28)15(14)23/h4-7,9,18H,2-3,8H2,1H3,(H2,25,26,28,29)/p+1/t18-/m0/s1. The zero-order chi connectivity index (χ0) is 21.4. The van der Waals surface area contributed by atoms with Crippen molar-refractivity contribution in [3.8, 4) is 17.0 Å². The Hall–Kier alpha value is -1.36. The predicted octanol–water partition coefficient (Wildman–Crippen LogP) is 5.58. The van der Waals surface area contributed by atoms with Crippen LogP contribution in [0.1, 0.15) is 31.5 Å².